The van der Waals surface area contributed by atoms with Gasteiger partial charge in [0.05, 0.1) is 23.7 Å². The lowest BCUT2D eigenvalue weighted by Crippen LogP contribution is -2.46. The Hall–Kier alpha value is -1.34. The van der Waals surface area contributed by atoms with Crippen molar-refractivity contribution in [2.24, 2.45) is 17.1 Å². The van der Waals surface area contributed by atoms with Crippen molar-refractivity contribution in [3.05, 3.63) is 4.91 Å². The Labute approximate surface area is 82.8 Å². The molecule has 0 bridgehead atoms. The van der Waals surface area contributed by atoms with E-state index >= 15 is 0 Å². The molecule has 1 aliphatic rings. The Morgan fingerprint density at radius 2 is 2.07 bits per heavy atom. The Bertz CT molecular complexity index is 269. The number of nitroso groups, excluding NO2 is 1. The van der Waals surface area contributed by atoms with Gasteiger partial charge in [-0.25, -0.2) is 0 Å². The monoisotopic (exact) mass is 226 g/mol. The van der Waals surface area contributed by atoms with Crippen molar-refractivity contribution >= 4 is 5.97 Å². The highest BCUT2D eigenvalue weighted by Gasteiger charge is 2.50. The summed E-state index contributed by atoms with van der Waals surface area (Å²) in [7, 11) is 0. The molecule has 0 saturated carbocycles. The Morgan fingerprint density at radius 3 is 2.47 bits per heavy atom. The van der Waals surface area contributed by atoms with E-state index < -0.39 is 36.9 Å². The number of carbonyl (C=O) groups is 1. The van der Waals surface area contributed by atoms with E-state index in [1.165, 1.54) is 0 Å². The fourth-order valence-corrected chi connectivity index (χ4v) is 1.65. The highest BCUT2D eigenvalue weighted by Crippen LogP contribution is 2.37. The van der Waals surface area contributed by atoms with Gasteiger partial charge in [0, 0.05) is 6.54 Å². The van der Waals surface area contributed by atoms with Gasteiger partial charge >= 0.3 is 12.1 Å². The van der Waals surface area contributed by atoms with Crippen LogP contribution in [0.15, 0.2) is 5.29 Å². The van der Waals surface area contributed by atoms with Gasteiger partial charge in [0.2, 0.25) is 0 Å². The topological polar surface area (TPSA) is 70.0 Å². The maximum atomic E-state index is 12.4. The maximum absolute atomic E-state index is 12.4. The van der Waals surface area contributed by atoms with E-state index in [4.69, 9.17) is 5.11 Å². The van der Waals surface area contributed by atoms with Crippen molar-refractivity contribution in [1.29, 1.82) is 0 Å². The molecule has 5 nitrogen and oxygen atoms in total. The van der Waals surface area contributed by atoms with Gasteiger partial charge in [-0.1, -0.05) is 0 Å². The van der Waals surface area contributed by atoms with Crippen LogP contribution in [-0.2, 0) is 4.79 Å². The Morgan fingerprint density at radius 1 is 1.47 bits per heavy atom. The standard InChI is InChI=1S/C7H9F3N2O3/c8-7(9,10)5-1-2-12(11-15)3-4(5)6(13)14/h4-5H,1-3H2,(H,13,14). The van der Waals surface area contributed by atoms with Crippen LogP contribution in [0.2, 0.25) is 0 Å². The highest BCUT2D eigenvalue weighted by atomic mass is 19.4. The number of aliphatic carboxylic acids is 1. The van der Waals surface area contributed by atoms with Crippen LogP contribution in [0.4, 0.5) is 13.2 Å². The molecule has 1 fully saturated rings. The summed E-state index contributed by atoms with van der Waals surface area (Å²) >= 11 is 0. The normalized spacial score (nSPS) is 27.5. The predicted octanol–water partition coefficient (Wildman–Crippen LogP) is 1.25. The molecule has 1 saturated heterocycles. The van der Waals surface area contributed by atoms with Crippen molar-refractivity contribution in [2.45, 2.75) is 12.6 Å². The molecule has 1 rings (SSSR count). The third-order valence-corrected chi connectivity index (χ3v) is 2.44. The molecule has 2 unspecified atom stereocenters. The van der Waals surface area contributed by atoms with Gasteiger partial charge in [-0.05, 0) is 6.42 Å². The molecule has 15 heavy (non-hydrogen) atoms. The molecule has 0 aromatic carbocycles. The predicted molar refractivity (Wildman–Crippen MR) is 42.7 cm³/mol. The van der Waals surface area contributed by atoms with Crippen LogP contribution in [0, 0.1) is 16.7 Å². The first-order valence-electron chi connectivity index (χ1n) is 4.24. The van der Waals surface area contributed by atoms with Crippen molar-refractivity contribution in [3.63, 3.8) is 0 Å². The second-order valence-corrected chi connectivity index (χ2v) is 3.38. The number of carboxylic acids is 1. The lowest BCUT2D eigenvalue weighted by molar-refractivity contribution is -0.207. The number of rotatable bonds is 2. The van der Waals surface area contributed by atoms with E-state index in [9.17, 15) is 22.9 Å². The van der Waals surface area contributed by atoms with Gasteiger partial charge in [-0.15, -0.1) is 4.91 Å². The summed E-state index contributed by atoms with van der Waals surface area (Å²) in [5, 5.41) is 11.9. The first-order chi connectivity index (χ1) is 6.86. The molecule has 0 spiro atoms. The molecule has 1 N–H and O–H groups in total. The number of alkyl halides is 3. The van der Waals surface area contributed by atoms with Crippen molar-refractivity contribution < 1.29 is 23.1 Å². The summed E-state index contributed by atoms with van der Waals surface area (Å²) in [5.74, 6) is -5.06. The first-order valence-corrected chi connectivity index (χ1v) is 4.24. The minimum atomic E-state index is -4.54. The van der Waals surface area contributed by atoms with E-state index in [-0.39, 0.29) is 6.54 Å². The fraction of sp³-hybridized carbons (Fsp3) is 0.857. The molecular formula is C7H9F3N2O3. The lowest BCUT2D eigenvalue weighted by Gasteiger charge is -2.34. The summed E-state index contributed by atoms with van der Waals surface area (Å²) in [6.07, 6.45) is -4.95. The smallest absolute Gasteiger partial charge is 0.392 e. The summed E-state index contributed by atoms with van der Waals surface area (Å²) in [4.78, 5) is 20.7. The van der Waals surface area contributed by atoms with Gasteiger partial charge in [-0.3, -0.25) is 9.80 Å². The van der Waals surface area contributed by atoms with Crippen LogP contribution in [0.25, 0.3) is 0 Å². The molecule has 0 aromatic rings. The lowest BCUT2D eigenvalue weighted by atomic mass is 9.85. The summed E-state index contributed by atoms with van der Waals surface area (Å²) < 4.78 is 37.2. The third kappa shape index (κ3) is 2.57. The van der Waals surface area contributed by atoms with Crippen LogP contribution in [0.5, 0.6) is 0 Å². The number of hydrogen-bond acceptors (Lipinski definition) is 3. The quantitative estimate of drug-likeness (QED) is 0.719. The molecule has 0 amide bonds. The van der Waals surface area contributed by atoms with Crippen molar-refractivity contribution in [3.8, 4) is 0 Å². The van der Waals surface area contributed by atoms with Crippen LogP contribution in [0.1, 0.15) is 6.42 Å². The summed E-state index contributed by atoms with van der Waals surface area (Å²) in [6, 6.07) is 0. The second-order valence-electron chi connectivity index (χ2n) is 3.38. The van der Waals surface area contributed by atoms with Gasteiger partial charge in [0.15, 0.2) is 0 Å². The average molecular weight is 226 g/mol. The van der Waals surface area contributed by atoms with Crippen LogP contribution < -0.4 is 0 Å². The van der Waals surface area contributed by atoms with Crippen LogP contribution >= 0.6 is 0 Å². The van der Waals surface area contributed by atoms with E-state index in [0.717, 1.165) is 5.01 Å². The molecule has 0 aliphatic carbocycles. The largest absolute Gasteiger partial charge is 0.481 e. The summed E-state index contributed by atoms with van der Waals surface area (Å²) in [5.41, 5.74) is 0. The zero-order valence-corrected chi connectivity index (χ0v) is 7.57. The molecule has 0 radical (unpaired) electrons. The number of carboxylic acid groups (broad SMARTS) is 1. The number of halogens is 3. The minimum absolute atomic E-state index is 0.155. The number of piperidine rings is 1. The van der Waals surface area contributed by atoms with Gasteiger partial charge in [-0.2, -0.15) is 13.2 Å². The molecule has 2 atom stereocenters. The van der Waals surface area contributed by atoms with Gasteiger partial charge in [0.25, 0.3) is 0 Å². The third-order valence-electron chi connectivity index (χ3n) is 2.44. The van der Waals surface area contributed by atoms with Crippen LogP contribution in [0.3, 0.4) is 0 Å². The second kappa shape index (κ2) is 4.03. The van der Waals surface area contributed by atoms with E-state index in [0.29, 0.717) is 0 Å². The van der Waals surface area contributed by atoms with E-state index in [1.807, 2.05) is 0 Å². The van der Waals surface area contributed by atoms with Gasteiger partial charge in [0.1, 0.15) is 0 Å². The molecule has 1 heterocycles. The summed E-state index contributed by atoms with van der Waals surface area (Å²) in [6.45, 7) is -0.638. The molecule has 0 aromatic heterocycles. The number of hydrogen-bond donors (Lipinski definition) is 1. The molecule has 86 valence electrons. The molecular weight excluding hydrogens is 217 g/mol. The fourth-order valence-electron chi connectivity index (χ4n) is 1.65. The molecule has 8 heteroatoms. The van der Waals surface area contributed by atoms with Crippen LogP contribution in [-0.4, -0.2) is 35.4 Å². The SMILES string of the molecule is O=NN1CCC(C(F)(F)F)C(C(=O)O)C1. The van der Waals surface area contributed by atoms with E-state index in [1.54, 1.807) is 0 Å². The van der Waals surface area contributed by atoms with E-state index in [2.05, 4.69) is 5.29 Å². The zero-order valence-electron chi connectivity index (χ0n) is 7.57. The minimum Gasteiger partial charge on any atom is -0.481 e. The Balaban J connectivity index is 2.81. The average Bonchev–Trinajstić information content (AvgIpc) is 2.15. The first kappa shape index (κ1) is 11.7. The maximum Gasteiger partial charge on any atom is 0.392 e. The van der Waals surface area contributed by atoms with Crippen molar-refractivity contribution in [2.75, 3.05) is 13.1 Å². The van der Waals surface area contributed by atoms with Gasteiger partial charge < -0.3 is 5.11 Å². The number of nitrogens with zero attached hydrogens (tertiary/aromatic N) is 2. The highest BCUT2D eigenvalue weighted by molar-refractivity contribution is 5.71. The molecule has 1 aliphatic heterocycles. The Kier molecular flexibility index (Phi) is 3.15. The van der Waals surface area contributed by atoms with Crippen molar-refractivity contribution in [1.82, 2.24) is 5.01 Å². The zero-order chi connectivity index (χ0) is 11.6.